The normalized spacial score (nSPS) is 12.3. The van der Waals surface area contributed by atoms with E-state index in [9.17, 15) is 26.3 Å². The monoisotopic (exact) mass is 559 g/mol. The van der Waals surface area contributed by atoms with Gasteiger partial charge in [0.05, 0.1) is 27.5 Å². The summed E-state index contributed by atoms with van der Waals surface area (Å²) in [4.78, 5) is 2.90. The molecule has 0 N–H and O–H groups in total. The Bertz CT molecular complexity index is 1370. The van der Waals surface area contributed by atoms with Crippen LogP contribution in [0, 0.1) is 34.6 Å². The Balaban J connectivity index is 2.16. The standard InChI is InChI=1S/C27H21F8NOS/c1-13-6-14(2)22(15(3)7-13)18-8-16(4)23(17(5)9-18)27(34,35)37-19-10-20(25(28,29)30)24(36-12-38)21(11-19)26(31,32)33/h6-11H,1-5H3. The van der Waals surface area contributed by atoms with E-state index in [4.69, 9.17) is 0 Å². The van der Waals surface area contributed by atoms with Crippen molar-refractivity contribution in [3.63, 3.8) is 0 Å². The summed E-state index contributed by atoms with van der Waals surface area (Å²) in [6, 6.07) is 6.89. The maximum Gasteiger partial charge on any atom is 0.427 e. The molecule has 0 saturated carbocycles. The molecule has 11 heteroatoms. The highest BCUT2D eigenvalue weighted by atomic mass is 32.1. The second kappa shape index (κ2) is 10.1. The number of hydrogen-bond acceptors (Lipinski definition) is 3. The molecule has 0 unspecified atom stereocenters. The van der Waals surface area contributed by atoms with E-state index in [1.807, 2.05) is 32.9 Å². The van der Waals surface area contributed by atoms with Crippen molar-refractivity contribution in [3.05, 3.63) is 80.9 Å². The van der Waals surface area contributed by atoms with Crippen LogP contribution in [0.4, 0.5) is 40.8 Å². The third-order valence-electron chi connectivity index (χ3n) is 5.89. The molecule has 0 saturated heterocycles. The van der Waals surface area contributed by atoms with E-state index in [2.05, 4.69) is 21.9 Å². The number of halogens is 8. The third kappa shape index (κ3) is 5.89. The van der Waals surface area contributed by atoms with Crippen LogP contribution in [0.5, 0.6) is 5.75 Å². The number of hydrogen-bond donors (Lipinski definition) is 0. The molecule has 3 rings (SSSR count). The number of nitrogens with zero attached hydrogens (tertiary/aromatic N) is 1. The summed E-state index contributed by atoms with van der Waals surface area (Å²) in [5.41, 5.74) is -1.75. The van der Waals surface area contributed by atoms with E-state index in [1.54, 1.807) is 0 Å². The maximum atomic E-state index is 15.4. The number of benzene rings is 3. The molecule has 3 aromatic rings. The molecule has 0 aliphatic rings. The first-order chi connectivity index (χ1) is 17.4. The predicted octanol–water partition coefficient (Wildman–Crippen LogP) is 9.80. The lowest BCUT2D eigenvalue weighted by Crippen LogP contribution is -2.25. The molecule has 0 aliphatic heterocycles. The fourth-order valence-electron chi connectivity index (χ4n) is 4.67. The number of isothiocyanates is 1. The second-order valence-corrected chi connectivity index (χ2v) is 9.13. The van der Waals surface area contributed by atoms with Crippen molar-refractivity contribution in [3.8, 4) is 16.9 Å². The smallest absolute Gasteiger partial charge is 0.427 e. The van der Waals surface area contributed by atoms with E-state index < -0.39 is 46.6 Å². The molecule has 0 spiro atoms. The lowest BCUT2D eigenvalue weighted by molar-refractivity contribution is -0.187. The first kappa shape index (κ1) is 29.3. The van der Waals surface area contributed by atoms with Crippen LogP contribution in [-0.4, -0.2) is 5.16 Å². The van der Waals surface area contributed by atoms with Gasteiger partial charge in [0, 0.05) is 0 Å². The summed E-state index contributed by atoms with van der Waals surface area (Å²) in [5.74, 6) is -1.34. The van der Waals surface area contributed by atoms with Crippen LogP contribution >= 0.6 is 12.2 Å². The van der Waals surface area contributed by atoms with Crippen molar-refractivity contribution in [2.24, 2.45) is 4.99 Å². The van der Waals surface area contributed by atoms with Gasteiger partial charge in [-0.15, -0.1) is 0 Å². The molecule has 3 aromatic carbocycles. The SMILES string of the molecule is Cc1cc(C)c(-c2cc(C)c(C(F)(F)Oc3cc(C(F)(F)F)c(N=C=S)c(C(F)(F)F)c3)c(C)c2)c(C)c1. The minimum Gasteiger partial charge on any atom is -0.429 e. The van der Waals surface area contributed by atoms with Crippen LogP contribution in [0.15, 0.2) is 41.4 Å². The highest BCUT2D eigenvalue weighted by molar-refractivity contribution is 7.78. The van der Waals surface area contributed by atoms with Crippen molar-refractivity contribution in [1.29, 1.82) is 0 Å². The summed E-state index contributed by atoms with van der Waals surface area (Å²) >= 11 is 4.18. The number of ether oxygens (including phenoxy) is 1. The molecule has 2 nitrogen and oxygen atoms in total. The molecule has 38 heavy (non-hydrogen) atoms. The van der Waals surface area contributed by atoms with Crippen molar-refractivity contribution >= 4 is 23.1 Å². The lowest BCUT2D eigenvalue weighted by atomic mass is 9.89. The number of thiocarbonyl (C=S) groups is 1. The Labute approximate surface area is 219 Å². The number of rotatable bonds is 5. The zero-order valence-corrected chi connectivity index (χ0v) is 21.6. The topological polar surface area (TPSA) is 21.6 Å². The Morgan fingerprint density at radius 2 is 1.13 bits per heavy atom. The van der Waals surface area contributed by atoms with Crippen LogP contribution in [0.3, 0.4) is 0 Å². The van der Waals surface area contributed by atoms with Crippen molar-refractivity contribution < 1.29 is 39.9 Å². The Kier molecular flexibility index (Phi) is 7.78. The average molecular weight is 560 g/mol. The number of aliphatic imine (C=N–C) groups is 1. The summed E-state index contributed by atoms with van der Waals surface area (Å²) in [7, 11) is 0. The van der Waals surface area contributed by atoms with Crippen LogP contribution < -0.4 is 4.74 Å². The van der Waals surface area contributed by atoms with Gasteiger partial charge in [-0.2, -0.15) is 40.1 Å². The fraction of sp³-hybridized carbons (Fsp3) is 0.296. The zero-order chi connectivity index (χ0) is 28.8. The van der Waals surface area contributed by atoms with Crippen molar-refractivity contribution in [1.82, 2.24) is 0 Å². The van der Waals surface area contributed by atoms with Gasteiger partial charge in [-0.3, -0.25) is 0 Å². The first-order valence-corrected chi connectivity index (χ1v) is 11.4. The van der Waals surface area contributed by atoms with Crippen molar-refractivity contribution in [2.75, 3.05) is 0 Å². The maximum absolute atomic E-state index is 15.4. The predicted molar refractivity (Wildman–Crippen MR) is 131 cm³/mol. The van der Waals surface area contributed by atoms with E-state index in [1.165, 1.54) is 31.1 Å². The van der Waals surface area contributed by atoms with Crippen molar-refractivity contribution in [2.45, 2.75) is 53.1 Å². The van der Waals surface area contributed by atoms with E-state index in [0.717, 1.165) is 22.3 Å². The van der Waals surface area contributed by atoms with Gasteiger partial charge in [-0.05, 0) is 92.4 Å². The Morgan fingerprint density at radius 3 is 1.53 bits per heavy atom. The molecule has 0 fully saturated rings. The molecule has 0 heterocycles. The van der Waals surface area contributed by atoms with Crippen LogP contribution in [0.25, 0.3) is 11.1 Å². The van der Waals surface area contributed by atoms with Gasteiger partial charge in [-0.25, -0.2) is 0 Å². The number of aryl methyl sites for hydroxylation is 5. The minimum absolute atomic E-state index is 0.0344. The first-order valence-electron chi connectivity index (χ1n) is 11.0. The van der Waals surface area contributed by atoms with Gasteiger partial charge in [0.25, 0.3) is 0 Å². The molecule has 0 radical (unpaired) electrons. The van der Waals surface area contributed by atoms with Gasteiger partial charge < -0.3 is 4.74 Å². The second-order valence-electron chi connectivity index (χ2n) is 8.94. The Morgan fingerprint density at radius 1 is 0.684 bits per heavy atom. The largest absolute Gasteiger partial charge is 0.429 e. The minimum atomic E-state index is -5.38. The highest BCUT2D eigenvalue weighted by Gasteiger charge is 2.44. The van der Waals surface area contributed by atoms with Crippen LogP contribution in [0.2, 0.25) is 0 Å². The van der Waals surface area contributed by atoms with E-state index in [0.29, 0.717) is 5.56 Å². The van der Waals surface area contributed by atoms with Gasteiger partial charge in [0.2, 0.25) is 0 Å². The van der Waals surface area contributed by atoms with Gasteiger partial charge in [0.1, 0.15) is 5.75 Å². The molecule has 0 atom stereocenters. The molecule has 0 aromatic heterocycles. The van der Waals surface area contributed by atoms with Crippen LogP contribution in [0.1, 0.15) is 44.5 Å². The van der Waals surface area contributed by atoms with E-state index >= 15 is 8.78 Å². The summed E-state index contributed by atoms with van der Waals surface area (Å²) < 4.78 is 117. The fourth-order valence-corrected chi connectivity index (χ4v) is 4.76. The molecular formula is C27H21F8NOS. The molecule has 0 bridgehead atoms. The quantitative estimate of drug-likeness (QED) is 0.176. The molecular weight excluding hydrogens is 538 g/mol. The molecule has 0 aliphatic carbocycles. The summed E-state index contributed by atoms with van der Waals surface area (Å²) in [6.45, 7) is 8.39. The highest BCUT2D eigenvalue weighted by Crippen LogP contribution is 2.48. The number of alkyl halides is 8. The zero-order valence-electron chi connectivity index (χ0n) is 20.8. The van der Waals surface area contributed by atoms with Gasteiger partial charge in [-0.1, -0.05) is 29.8 Å². The van der Waals surface area contributed by atoms with Crippen LogP contribution in [-0.2, 0) is 18.5 Å². The van der Waals surface area contributed by atoms with Gasteiger partial charge >= 0.3 is 18.5 Å². The third-order valence-corrected chi connectivity index (χ3v) is 5.98. The van der Waals surface area contributed by atoms with Gasteiger partial charge in [0.15, 0.2) is 0 Å². The molecule has 202 valence electrons. The lowest BCUT2D eigenvalue weighted by Gasteiger charge is -2.25. The summed E-state index contributed by atoms with van der Waals surface area (Å²) in [6.07, 6.45) is -15.0. The summed E-state index contributed by atoms with van der Waals surface area (Å²) in [5, 5.41) is 1.47. The molecule has 0 amide bonds. The average Bonchev–Trinajstić information content (AvgIpc) is 2.71. The Hall–Kier alpha value is -3.30. The van der Waals surface area contributed by atoms with E-state index in [-0.39, 0.29) is 23.3 Å².